The molecule has 65 heavy (non-hydrogen) atoms. The predicted octanol–water partition coefficient (Wildman–Crippen LogP) is 15.9. The van der Waals surface area contributed by atoms with Gasteiger partial charge in [0.1, 0.15) is 5.82 Å². The van der Waals surface area contributed by atoms with Gasteiger partial charge in [0.15, 0.2) is 0 Å². The van der Waals surface area contributed by atoms with Crippen LogP contribution in [-0.2, 0) is 6.18 Å². The minimum absolute atomic E-state index is 0.592. The standard InChI is InChI=1S/C58H35F3N4/c59-58(60,61)39-29-31-40(32-30-39)65-56-50-20-4-2-14-44(50)43-13-1-3-19-49(43)55(56)62-57(65)37-27-25-36(26-28-37)38-33-41(63-51-21-9-5-15-45(51)46-16-6-10-22-52(46)63)35-42(34-38)64-53-23-11-7-17-47(53)48-18-8-12-24-54(48)64/h1-35H. The van der Waals surface area contributed by atoms with Gasteiger partial charge in [-0.05, 0) is 88.6 Å². The van der Waals surface area contributed by atoms with Crippen LogP contribution < -0.4 is 0 Å². The molecule has 0 atom stereocenters. The van der Waals surface area contributed by atoms with E-state index < -0.39 is 11.7 Å². The Morgan fingerprint density at radius 3 is 1.20 bits per heavy atom. The number of hydrogen-bond acceptors (Lipinski definition) is 1. The third-order valence-corrected chi connectivity index (χ3v) is 13.0. The highest BCUT2D eigenvalue weighted by Gasteiger charge is 2.30. The van der Waals surface area contributed by atoms with Gasteiger partial charge in [0.2, 0.25) is 0 Å². The summed E-state index contributed by atoms with van der Waals surface area (Å²) in [5, 5.41) is 8.81. The lowest BCUT2D eigenvalue weighted by molar-refractivity contribution is -0.137. The fraction of sp³-hybridized carbons (Fsp3) is 0.0172. The van der Waals surface area contributed by atoms with Crippen molar-refractivity contribution in [2.45, 2.75) is 6.18 Å². The lowest BCUT2D eigenvalue weighted by Gasteiger charge is -2.16. The fourth-order valence-corrected chi connectivity index (χ4v) is 10.2. The molecule has 0 aliphatic carbocycles. The van der Waals surface area contributed by atoms with Crippen molar-refractivity contribution in [1.82, 2.24) is 18.7 Å². The normalized spacial score (nSPS) is 12.2. The molecule has 0 saturated heterocycles. The van der Waals surface area contributed by atoms with Gasteiger partial charge in [-0.2, -0.15) is 13.2 Å². The molecule has 0 unspecified atom stereocenters. The molecule has 0 fully saturated rings. The van der Waals surface area contributed by atoms with Crippen molar-refractivity contribution >= 4 is 76.2 Å². The number of imidazole rings is 1. The number of nitrogens with zero attached hydrogens (tertiary/aromatic N) is 4. The quantitative estimate of drug-likeness (QED) is 0.159. The second-order valence-electron chi connectivity index (χ2n) is 16.7. The molecule has 0 N–H and O–H groups in total. The van der Waals surface area contributed by atoms with Crippen molar-refractivity contribution in [3.05, 3.63) is 218 Å². The zero-order chi connectivity index (χ0) is 43.4. The molecule has 7 heteroatoms. The Balaban J connectivity index is 1.04. The lowest BCUT2D eigenvalue weighted by atomic mass is 10.00. The van der Waals surface area contributed by atoms with Crippen molar-refractivity contribution < 1.29 is 13.2 Å². The molecule has 0 aliphatic rings. The number of benzene rings is 10. The van der Waals surface area contributed by atoms with E-state index in [2.05, 4.69) is 173 Å². The average Bonchev–Trinajstić information content (AvgIpc) is 4.03. The van der Waals surface area contributed by atoms with Crippen molar-refractivity contribution in [2.24, 2.45) is 0 Å². The summed E-state index contributed by atoms with van der Waals surface area (Å²) in [5.74, 6) is 0.637. The molecule has 308 valence electrons. The first-order chi connectivity index (χ1) is 31.9. The Kier molecular flexibility index (Phi) is 8.03. The summed E-state index contributed by atoms with van der Waals surface area (Å²) in [5.41, 5.74) is 10.9. The van der Waals surface area contributed by atoms with E-state index in [-0.39, 0.29) is 0 Å². The fourth-order valence-electron chi connectivity index (χ4n) is 10.2. The van der Waals surface area contributed by atoms with Gasteiger partial charge in [-0.25, -0.2) is 4.98 Å². The maximum atomic E-state index is 13.9. The van der Waals surface area contributed by atoms with E-state index in [0.29, 0.717) is 11.5 Å². The van der Waals surface area contributed by atoms with Gasteiger partial charge in [0.05, 0.1) is 38.7 Å². The van der Waals surface area contributed by atoms with Crippen LogP contribution in [0.1, 0.15) is 5.56 Å². The maximum Gasteiger partial charge on any atom is 0.416 e. The summed E-state index contributed by atoms with van der Waals surface area (Å²) >= 11 is 0. The minimum Gasteiger partial charge on any atom is -0.309 e. The van der Waals surface area contributed by atoms with Crippen LogP contribution >= 0.6 is 0 Å². The van der Waals surface area contributed by atoms with Crippen LogP contribution in [0.5, 0.6) is 0 Å². The highest BCUT2D eigenvalue weighted by atomic mass is 19.4. The highest BCUT2D eigenvalue weighted by molar-refractivity contribution is 6.24. The second kappa shape index (κ2) is 14.0. The largest absolute Gasteiger partial charge is 0.416 e. The Morgan fingerprint density at radius 2 is 0.723 bits per heavy atom. The molecular weight excluding hydrogens is 810 g/mol. The van der Waals surface area contributed by atoms with Gasteiger partial charge in [0.25, 0.3) is 0 Å². The molecule has 10 aromatic carbocycles. The smallest absolute Gasteiger partial charge is 0.309 e. The summed E-state index contributed by atoms with van der Waals surface area (Å²) in [4.78, 5) is 5.36. The van der Waals surface area contributed by atoms with Crippen LogP contribution in [0.4, 0.5) is 13.2 Å². The van der Waals surface area contributed by atoms with E-state index in [0.717, 1.165) is 94.8 Å². The Hall–Kier alpha value is -8.42. The molecule has 0 radical (unpaired) electrons. The zero-order valence-electron chi connectivity index (χ0n) is 34.6. The van der Waals surface area contributed by atoms with Crippen molar-refractivity contribution in [3.8, 4) is 39.6 Å². The van der Waals surface area contributed by atoms with Gasteiger partial charge in [-0.15, -0.1) is 0 Å². The molecule has 0 aliphatic heterocycles. The van der Waals surface area contributed by atoms with Crippen molar-refractivity contribution in [3.63, 3.8) is 0 Å². The summed E-state index contributed by atoms with van der Waals surface area (Å²) in [7, 11) is 0. The number of rotatable bonds is 5. The van der Waals surface area contributed by atoms with Gasteiger partial charge in [-0.3, -0.25) is 4.57 Å². The summed E-state index contributed by atoms with van der Waals surface area (Å²) in [6.45, 7) is 0. The third kappa shape index (κ3) is 5.68. The first-order valence-electron chi connectivity index (χ1n) is 21.6. The average molecular weight is 845 g/mol. The van der Waals surface area contributed by atoms with Crippen LogP contribution in [0.25, 0.3) is 116 Å². The molecule has 4 nitrogen and oxygen atoms in total. The van der Waals surface area contributed by atoms with E-state index in [9.17, 15) is 13.2 Å². The number of alkyl halides is 3. The summed E-state index contributed by atoms with van der Waals surface area (Å²) in [6.07, 6.45) is -4.46. The Morgan fingerprint density at radius 1 is 0.323 bits per heavy atom. The Labute approximate surface area is 370 Å². The molecule has 13 aromatic rings. The van der Waals surface area contributed by atoms with Crippen LogP contribution in [0, 0.1) is 0 Å². The highest BCUT2D eigenvalue weighted by Crippen LogP contribution is 2.42. The number of halogens is 3. The van der Waals surface area contributed by atoms with Crippen LogP contribution in [0.3, 0.4) is 0 Å². The molecule has 0 amide bonds. The first kappa shape index (κ1) is 37.2. The zero-order valence-corrected chi connectivity index (χ0v) is 34.6. The van der Waals surface area contributed by atoms with Crippen LogP contribution in [0.15, 0.2) is 212 Å². The molecule has 0 spiro atoms. The summed E-state index contributed by atoms with van der Waals surface area (Å²) in [6, 6.07) is 71.2. The predicted molar refractivity (Wildman–Crippen MR) is 261 cm³/mol. The number of para-hydroxylation sites is 4. The molecule has 0 saturated carbocycles. The molecule has 13 rings (SSSR count). The number of fused-ring (bicyclic) bond motifs is 12. The van der Waals surface area contributed by atoms with Gasteiger partial charge in [0, 0.05) is 54.9 Å². The van der Waals surface area contributed by atoms with Gasteiger partial charge in [-0.1, -0.05) is 146 Å². The van der Waals surface area contributed by atoms with Crippen LogP contribution in [0.2, 0.25) is 0 Å². The van der Waals surface area contributed by atoms with Crippen molar-refractivity contribution in [1.29, 1.82) is 0 Å². The minimum atomic E-state index is -4.46. The number of aromatic nitrogens is 4. The molecule has 3 aromatic heterocycles. The topological polar surface area (TPSA) is 27.7 Å². The van der Waals surface area contributed by atoms with E-state index in [1.54, 1.807) is 12.1 Å². The molecule has 0 bridgehead atoms. The van der Waals surface area contributed by atoms with Gasteiger partial charge >= 0.3 is 6.18 Å². The van der Waals surface area contributed by atoms with Crippen LogP contribution in [-0.4, -0.2) is 18.7 Å². The monoisotopic (exact) mass is 844 g/mol. The lowest BCUT2D eigenvalue weighted by Crippen LogP contribution is -2.05. The van der Waals surface area contributed by atoms with E-state index in [1.165, 1.54) is 21.5 Å². The number of hydrogen-bond donors (Lipinski definition) is 0. The van der Waals surface area contributed by atoms with E-state index in [1.807, 2.05) is 28.8 Å². The molecular formula is C58H35F3N4. The second-order valence-corrected chi connectivity index (χ2v) is 16.7. The maximum absolute atomic E-state index is 13.9. The SMILES string of the molecule is FC(F)(F)c1ccc(-n2c(-c3ccc(-c4cc(-n5c6ccccc6c6ccccc65)cc(-n5c6ccccc6c6ccccc65)c4)cc3)nc3c4ccccc4c4ccccc4c32)cc1. The van der Waals surface area contributed by atoms with Gasteiger partial charge < -0.3 is 9.13 Å². The first-order valence-corrected chi connectivity index (χ1v) is 21.6. The van der Waals surface area contributed by atoms with Crippen molar-refractivity contribution in [2.75, 3.05) is 0 Å². The molecule has 3 heterocycles. The van der Waals surface area contributed by atoms with E-state index >= 15 is 0 Å². The summed E-state index contributed by atoms with van der Waals surface area (Å²) < 4.78 is 48.4. The third-order valence-electron chi connectivity index (χ3n) is 13.0. The van der Waals surface area contributed by atoms with E-state index in [4.69, 9.17) is 4.98 Å². The Bertz CT molecular complexity index is 3800.